The minimum Gasteiger partial charge on any atom is -0.508 e. The summed E-state index contributed by atoms with van der Waals surface area (Å²) in [5, 5.41) is 10.1. The lowest BCUT2D eigenvalue weighted by Gasteiger charge is -2.17. The van der Waals surface area contributed by atoms with Gasteiger partial charge in [0.25, 0.3) is 0 Å². The molecular weight excluding hydrogens is 438 g/mol. The van der Waals surface area contributed by atoms with Crippen LogP contribution in [-0.4, -0.2) is 37.3 Å². The van der Waals surface area contributed by atoms with E-state index in [1.165, 1.54) is 11.1 Å². The van der Waals surface area contributed by atoms with Gasteiger partial charge in [-0.2, -0.15) is 0 Å². The molecule has 0 aliphatic carbocycles. The zero-order chi connectivity index (χ0) is 21.5. The largest absolute Gasteiger partial charge is 0.508 e. The molecule has 0 amide bonds. The molecule has 0 aromatic heterocycles. The van der Waals surface area contributed by atoms with E-state index in [1.807, 2.05) is 44.4 Å². The molecule has 0 radical (unpaired) electrons. The lowest BCUT2D eigenvalue weighted by atomic mass is 9.88. The van der Waals surface area contributed by atoms with Crippen LogP contribution in [0.25, 0.3) is 11.1 Å². The fourth-order valence-corrected chi connectivity index (χ4v) is 3.68. The minimum absolute atomic E-state index is 0.264. The first kappa shape index (κ1) is 22.1. The third kappa shape index (κ3) is 5.74. The second-order valence-electron chi connectivity index (χ2n) is 7.44. The van der Waals surface area contributed by atoms with Crippen molar-refractivity contribution in [3.8, 4) is 11.5 Å². The van der Waals surface area contributed by atoms with Crippen LogP contribution in [0.1, 0.15) is 30.0 Å². The van der Waals surface area contributed by atoms with Crippen LogP contribution in [0.2, 0.25) is 0 Å². The van der Waals surface area contributed by atoms with Crippen molar-refractivity contribution in [2.24, 2.45) is 0 Å². The Morgan fingerprint density at radius 2 is 1.57 bits per heavy atom. The summed E-state index contributed by atoms with van der Waals surface area (Å²) in [6.07, 6.45) is 0.869. The summed E-state index contributed by atoms with van der Waals surface area (Å²) in [4.78, 5) is 2.10. The molecule has 0 unspecified atom stereocenters. The van der Waals surface area contributed by atoms with E-state index in [4.69, 9.17) is 4.74 Å². The molecule has 0 saturated heterocycles. The quantitative estimate of drug-likeness (QED) is 0.387. The number of ether oxygens (including phenoxy) is 1. The molecule has 3 rings (SSSR count). The Hall–Kier alpha value is -2.56. The maximum atomic E-state index is 10.1. The Morgan fingerprint density at radius 3 is 2.17 bits per heavy atom. The zero-order valence-corrected chi connectivity index (χ0v) is 19.3. The van der Waals surface area contributed by atoms with Crippen LogP contribution < -0.4 is 4.74 Å². The van der Waals surface area contributed by atoms with Gasteiger partial charge < -0.3 is 14.7 Å². The van der Waals surface area contributed by atoms with Crippen LogP contribution in [0.15, 0.2) is 77.3 Å². The first-order valence-electron chi connectivity index (χ1n) is 10.1. The second kappa shape index (κ2) is 10.5. The van der Waals surface area contributed by atoms with Crippen molar-refractivity contribution >= 4 is 27.1 Å². The standard InChI is InChI=1S/C26H28BrNO2/c1-4-25(19-8-12-22(27)13-9-19)26(21-6-5-7-23(29)18-21)20-10-14-24(15-11-20)30-17-16-28(2)3/h5-15,18,29H,4,16-17H2,1-3H3/b26-25-. The summed E-state index contributed by atoms with van der Waals surface area (Å²) in [6, 6.07) is 24.1. The zero-order valence-electron chi connectivity index (χ0n) is 17.7. The van der Waals surface area contributed by atoms with Gasteiger partial charge in [0.15, 0.2) is 0 Å². The van der Waals surface area contributed by atoms with Gasteiger partial charge in [0.05, 0.1) is 0 Å². The Labute approximate surface area is 187 Å². The van der Waals surface area contributed by atoms with E-state index in [1.54, 1.807) is 6.07 Å². The highest BCUT2D eigenvalue weighted by Gasteiger charge is 2.14. The van der Waals surface area contributed by atoms with E-state index >= 15 is 0 Å². The minimum atomic E-state index is 0.264. The maximum absolute atomic E-state index is 10.1. The summed E-state index contributed by atoms with van der Waals surface area (Å²) in [5.41, 5.74) is 5.62. The van der Waals surface area contributed by atoms with Crippen molar-refractivity contribution in [3.05, 3.63) is 94.0 Å². The number of hydrogen-bond donors (Lipinski definition) is 1. The molecule has 0 aliphatic heterocycles. The second-order valence-corrected chi connectivity index (χ2v) is 8.36. The summed E-state index contributed by atoms with van der Waals surface area (Å²) in [6.45, 7) is 3.69. The van der Waals surface area contributed by atoms with Gasteiger partial charge in [0.2, 0.25) is 0 Å². The number of aromatic hydroxyl groups is 1. The molecule has 0 fully saturated rings. The van der Waals surface area contributed by atoms with Crippen LogP contribution in [-0.2, 0) is 0 Å². The number of halogens is 1. The summed E-state index contributed by atoms with van der Waals surface area (Å²) in [7, 11) is 4.07. The Bertz CT molecular complexity index is 992. The molecule has 0 heterocycles. The van der Waals surface area contributed by atoms with Gasteiger partial charge in [0, 0.05) is 11.0 Å². The molecule has 0 bridgehead atoms. The number of phenols is 1. The highest BCUT2D eigenvalue weighted by atomic mass is 79.9. The summed E-state index contributed by atoms with van der Waals surface area (Å²) < 4.78 is 6.91. The molecule has 3 aromatic rings. The van der Waals surface area contributed by atoms with E-state index in [2.05, 4.69) is 64.2 Å². The van der Waals surface area contributed by atoms with Gasteiger partial charge in [-0.1, -0.05) is 59.3 Å². The SMILES string of the molecule is CC/C(=C(\c1ccc(OCCN(C)C)cc1)c1cccc(O)c1)c1ccc(Br)cc1. The van der Waals surface area contributed by atoms with Gasteiger partial charge in [-0.3, -0.25) is 0 Å². The molecule has 3 aromatic carbocycles. The molecule has 4 heteroatoms. The monoisotopic (exact) mass is 465 g/mol. The van der Waals surface area contributed by atoms with E-state index < -0.39 is 0 Å². The molecule has 0 saturated carbocycles. The van der Waals surface area contributed by atoms with Gasteiger partial charge in [-0.25, -0.2) is 0 Å². The normalized spacial score (nSPS) is 12.0. The molecule has 0 aliphatic rings. The Balaban J connectivity index is 2.05. The third-order valence-corrected chi connectivity index (χ3v) is 5.46. The molecule has 0 spiro atoms. The predicted octanol–water partition coefficient (Wildman–Crippen LogP) is 6.46. The Kier molecular flexibility index (Phi) is 7.72. The van der Waals surface area contributed by atoms with Crippen molar-refractivity contribution in [2.45, 2.75) is 13.3 Å². The van der Waals surface area contributed by atoms with Crippen molar-refractivity contribution in [1.82, 2.24) is 4.90 Å². The van der Waals surface area contributed by atoms with E-state index in [-0.39, 0.29) is 5.75 Å². The van der Waals surface area contributed by atoms with E-state index in [0.29, 0.717) is 6.61 Å². The average Bonchev–Trinajstić information content (AvgIpc) is 2.73. The van der Waals surface area contributed by atoms with Gasteiger partial charge in [-0.15, -0.1) is 0 Å². The number of hydrogen-bond acceptors (Lipinski definition) is 3. The number of allylic oxidation sites excluding steroid dienone is 1. The molecule has 156 valence electrons. The summed E-state index contributed by atoms with van der Waals surface area (Å²) >= 11 is 3.52. The van der Waals surface area contributed by atoms with Crippen LogP contribution in [0.5, 0.6) is 11.5 Å². The van der Waals surface area contributed by atoms with Crippen molar-refractivity contribution < 1.29 is 9.84 Å². The average molecular weight is 466 g/mol. The van der Waals surface area contributed by atoms with Crippen molar-refractivity contribution in [1.29, 1.82) is 0 Å². The fraction of sp³-hybridized carbons (Fsp3) is 0.231. The van der Waals surface area contributed by atoms with Crippen molar-refractivity contribution in [3.63, 3.8) is 0 Å². The van der Waals surface area contributed by atoms with Gasteiger partial charge in [-0.05, 0) is 84.8 Å². The molecule has 0 atom stereocenters. The highest BCUT2D eigenvalue weighted by molar-refractivity contribution is 9.10. The fourth-order valence-electron chi connectivity index (χ4n) is 3.42. The van der Waals surface area contributed by atoms with Crippen LogP contribution in [0.4, 0.5) is 0 Å². The number of likely N-dealkylation sites (N-methyl/N-ethyl adjacent to an activating group) is 1. The topological polar surface area (TPSA) is 32.7 Å². The number of phenolic OH excluding ortho intramolecular Hbond substituents is 1. The van der Waals surface area contributed by atoms with Gasteiger partial charge in [0.1, 0.15) is 18.1 Å². The van der Waals surface area contributed by atoms with Gasteiger partial charge >= 0.3 is 0 Å². The van der Waals surface area contributed by atoms with Crippen LogP contribution in [0.3, 0.4) is 0 Å². The number of nitrogens with zero attached hydrogens (tertiary/aromatic N) is 1. The third-order valence-electron chi connectivity index (χ3n) is 4.93. The molecule has 3 nitrogen and oxygen atoms in total. The lowest BCUT2D eigenvalue weighted by molar-refractivity contribution is 0.261. The smallest absolute Gasteiger partial charge is 0.119 e. The highest BCUT2D eigenvalue weighted by Crippen LogP contribution is 2.36. The molecule has 30 heavy (non-hydrogen) atoms. The van der Waals surface area contributed by atoms with Crippen LogP contribution >= 0.6 is 15.9 Å². The first-order valence-corrected chi connectivity index (χ1v) is 10.9. The van der Waals surface area contributed by atoms with Crippen LogP contribution in [0, 0.1) is 0 Å². The molecule has 1 N–H and O–H groups in total. The maximum Gasteiger partial charge on any atom is 0.119 e. The number of rotatable bonds is 8. The van der Waals surface area contributed by atoms with Crippen molar-refractivity contribution in [2.75, 3.05) is 27.2 Å². The Morgan fingerprint density at radius 1 is 0.900 bits per heavy atom. The first-order chi connectivity index (χ1) is 14.5. The number of benzene rings is 3. The molecular formula is C26H28BrNO2. The van der Waals surface area contributed by atoms with E-state index in [0.717, 1.165) is 39.9 Å². The predicted molar refractivity (Wildman–Crippen MR) is 129 cm³/mol. The summed E-state index contributed by atoms with van der Waals surface area (Å²) in [5.74, 6) is 1.12. The van der Waals surface area contributed by atoms with E-state index in [9.17, 15) is 5.11 Å². The lowest BCUT2D eigenvalue weighted by Crippen LogP contribution is -2.19.